The molecule has 1 unspecified atom stereocenters. The third-order valence-corrected chi connectivity index (χ3v) is 2.83. The molecule has 0 saturated carbocycles. The van der Waals surface area contributed by atoms with E-state index in [-0.39, 0.29) is 0 Å². The molecule has 0 aliphatic heterocycles. The van der Waals surface area contributed by atoms with Gasteiger partial charge < -0.3 is 14.9 Å². The van der Waals surface area contributed by atoms with Gasteiger partial charge >= 0.3 is 23.7 Å². The van der Waals surface area contributed by atoms with Crippen molar-refractivity contribution in [2.75, 3.05) is 6.61 Å². The molecular weight excluding hydrogens is 334 g/mol. The van der Waals surface area contributed by atoms with Gasteiger partial charge in [0.15, 0.2) is 0 Å². The van der Waals surface area contributed by atoms with Crippen LogP contribution in [0.1, 0.15) is 32.6 Å². The predicted octanol–water partition coefficient (Wildman–Crippen LogP) is 2.88. The standard InChI is InChI=1S/C13H18F6O4/c1-2-4-9(21)23-10(22)5-7-12(16,17)13(18,19)11(14,15)6-3-8-20/h2,4,10,20,22H,3,5-8H2,1H3. The van der Waals surface area contributed by atoms with Crippen LogP contribution in [0.5, 0.6) is 0 Å². The van der Waals surface area contributed by atoms with Crippen molar-refractivity contribution in [2.24, 2.45) is 0 Å². The fourth-order valence-corrected chi connectivity index (χ4v) is 1.56. The summed E-state index contributed by atoms with van der Waals surface area (Å²) in [4.78, 5) is 10.9. The van der Waals surface area contributed by atoms with Crippen LogP contribution >= 0.6 is 0 Å². The summed E-state index contributed by atoms with van der Waals surface area (Å²) >= 11 is 0. The number of rotatable bonds is 10. The highest BCUT2D eigenvalue weighted by molar-refractivity contribution is 5.81. The van der Waals surface area contributed by atoms with E-state index in [2.05, 4.69) is 4.74 Å². The summed E-state index contributed by atoms with van der Waals surface area (Å²) in [5.74, 6) is -16.9. The first-order valence-electron chi connectivity index (χ1n) is 6.67. The Labute approximate surface area is 128 Å². The molecule has 0 fully saturated rings. The van der Waals surface area contributed by atoms with Gasteiger partial charge in [0.05, 0.1) is 0 Å². The summed E-state index contributed by atoms with van der Waals surface area (Å²) < 4.78 is 84.2. The van der Waals surface area contributed by atoms with Gasteiger partial charge in [0, 0.05) is 31.9 Å². The minimum atomic E-state index is -5.68. The zero-order valence-electron chi connectivity index (χ0n) is 12.2. The van der Waals surface area contributed by atoms with E-state index < -0.39 is 62.3 Å². The lowest BCUT2D eigenvalue weighted by molar-refractivity contribution is -0.314. The van der Waals surface area contributed by atoms with Gasteiger partial charge in [-0.2, -0.15) is 26.3 Å². The highest BCUT2D eigenvalue weighted by Gasteiger charge is 2.70. The van der Waals surface area contributed by atoms with Crippen molar-refractivity contribution in [1.82, 2.24) is 0 Å². The molecule has 0 aromatic carbocycles. The van der Waals surface area contributed by atoms with Crippen LogP contribution in [0.4, 0.5) is 26.3 Å². The molecule has 0 aliphatic carbocycles. The summed E-state index contributed by atoms with van der Waals surface area (Å²) in [7, 11) is 0. The van der Waals surface area contributed by atoms with Crippen LogP contribution in [-0.2, 0) is 9.53 Å². The Morgan fingerprint density at radius 1 is 1.13 bits per heavy atom. The van der Waals surface area contributed by atoms with Gasteiger partial charge in [-0.3, -0.25) is 0 Å². The quantitative estimate of drug-likeness (QED) is 0.275. The van der Waals surface area contributed by atoms with Crippen molar-refractivity contribution in [3.05, 3.63) is 12.2 Å². The number of hydrogen-bond donors (Lipinski definition) is 2. The van der Waals surface area contributed by atoms with Crippen molar-refractivity contribution in [3.8, 4) is 0 Å². The number of carbonyl (C=O) groups excluding carboxylic acids is 1. The maximum absolute atomic E-state index is 13.4. The van der Waals surface area contributed by atoms with E-state index in [1.54, 1.807) is 0 Å². The fourth-order valence-electron chi connectivity index (χ4n) is 1.56. The molecule has 136 valence electrons. The van der Waals surface area contributed by atoms with E-state index >= 15 is 0 Å². The summed E-state index contributed by atoms with van der Waals surface area (Å²) in [6.07, 6.45) is -5.43. The number of hydrogen-bond acceptors (Lipinski definition) is 4. The third kappa shape index (κ3) is 6.02. The molecule has 0 radical (unpaired) electrons. The van der Waals surface area contributed by atoms with Gasteiger partial charge in [0.2, 0.25) is 6.29 Å². The van der Waals surface area contributed by atoms with Crippen LogP contribution in [-0.4, -0.2) is 46.8 Å². The maximum atomic E-state index is 13.4. The molecule has 0 spiro atoms. The smallest absolute Gasteiger partial charge is 0.371 e. The van der Waals surface area contributed by atoms with Gasteiger partial charge in [-0.15, -0.1) is 0 Å². The second kappa shape index (κ2) is 8.53. The Morgan fingerprint density at radius 2 is 1.65 bits per heavy atom. The maximum Gasteiger partial charge on any atom is 0.371 e. The lowest BCUT2D eigenvalue weighted by Crippen LogP contribution is -2.54. The third-order valence-electron chi connectivity index (χ3n) is 2.83. The number of ether oxygens (including phenoxy) is 1. The Morgan fingerprint density at radius 3 is 2.13 bits per heavy atom. The van der Waals surface area contributed by atoms with Crippen molar-refractivity contribution < 1.29 is 46.1 Å². The molecular formula is C13H18F6O4. The summed E-state index contributed by atoms with van der Waals surface area (Å²) in [6.45, 7) is 0.577. The van der Waals surface area contributed by atoms with Gasteiger partial charge in [-0.1, -0.05) is 6.08 Å². The van der Waals surface area contributed by atoms with E-state index in [4.69, 9.17) is 10.2 Å². The van der Waals surface area contributed by atoms with Crippen LogP contribution in [0.3, 0.4) is 0 Å². The van der Waals surface area contributed by atoms with Crippen molar-refractivity contribution >= 4 is 5.97 Å². The molecule has 10 heteroatoms. The minimum Gasteiger partial charge on any atom is -0.433 e. The fraction of sp³-hybridized carbons (Fsp3) is 0.769. The average Bonchev–Trinajstić information content (AvgIpc) is 2.43. The highest BCUT2D eigenvalue weighted by atomic mass is 19.3. The number of allylic oxidation sites excluding steroid dienone is 1. The van der Waals surface area contributed by atoms with E-state index in [1.807, 2.05) is 0 Å². The Bertz CT molecular complexity index is 411. The SMILES string of the molecule is CC=CC(=O)OC(O)CCC(F)(F)C(F)(F)C(F)(F)CCCO. The van der Waals surface area contributed by atoms with Crippen molar-refractivity contribution in [2.45, 2.75) is 56.7 Å². The number of esters is 1. The first kappa shape index (κ1) is 21.7. The number of alkyl halides is 6. The average molecular weight is 352 g/mol. The molecule has 0 heterocycles. The van der Waals surface area contributed by atoms with Crippen LogP contribution in [0.25, 0.3) is 0 Å². The molecule has 0 saturated heterocycles. The van der Waals surface area contributed by atoms with Crippen molar-refractivity contribution in [3.63, 3.8) is 0 Å². The van der Waals surface area contributed by atoms with Gasteiger partial charge in [0.1, 0.15) is 0 Å². The number of aliphatic hydroxyl groups excluding tert-OH is 2. The van der Waals surface area contributed by atoms with Gasteiger partial charge in [-0.25, -0.2) is 4.79 Å². The molecule has 0 amide bonds. The zero-order valence-corrected chi connectivity index (χ0v) is 12.2. The molecule has 1 atom stereocenters. The first-order valence-corrected chi connectivity index (χ1v) is 6.67. The van der Waals surface area contributed by atoms with E-state index in [0.29, 0.717) is 0 Å². The summed E-state index contributed by atoms with van der Waals surface area (Å²) in [5.41, 5.74) is 0. The van der Waals surface area contributed by atoms with Crippen molar-refractivity contribution in [1.29, 1.82) is 0 Å². The van der Waals surface area contributed by atoms with Gasteiger partial charge in [-0.05, 0) is 13.3 Å². The van der Waals surface area contributed by atoms with Crippen LogP contribution in [0, 0.1) is 0 Å². The minimum absolute atomic E-state index is 0.776. The molecule has 0 bridgehead atoms. The first-order chi connectivity index (χ1) is 10.4. The second-order valence-electron chi connectivity index (χ2n) is 4.74. The molecule has 4 nitrogen and oxygen atoms in total. The van der Waals surface area contributed by atoms with Crippen LogP contribution in [0.2, 0.25) is 0 Å². The molecule has 2 N–H and O–H groups in total. The van der Waals surface area contributed by atoms with E-state index in [1.165, 1.54) is 13.0 Å². The second-order valence-corrected chi connectivity index (χ2v) is 4.74. The van der Waals surface area contributed by atoms with E-state index in [0.717, 1.165) is 6.08 Å². The molecule has 0 rings (SSSR count). The normalized spacial score (nSPS) is 15.0. The zero-order chi connectivity index (χ0) is 18.3. The number of carbonyl (C=O) groups is 1. The Hall–Kier alpha value is -1.29. The Kier molecular flexibility index (Phi) is 8.05. The number of halogens is 6. The lowest BCUT2D eigenvalue weighted by atomic mass is 9.97. The summed E-state index contributed by atoms with van der Waals surface area (Å²) in [6, 6.07) is 0. The molecule has 23 heavy (non-hydrogen) atoms. The topological polar surface area (TPSA) is 66.8 Å². The van der Waals surface area contributed by atoms with E-state index in [9.17, 15) is 31.1 Å². The number of aliphatic hydroxyl groups is 2. The monoisotopic (exact) mass is 352 g/mol. The lowest BCUT2D eigenvalue weighted by Gasteiger charge is -2.33. The van der Waals surface area contributed by atoms with Crippen LogP contribution in [0.15, 0.2) is 12.2 Å². The highest BCUT2D eigenvalue weighted by Crippen LogP contribution is 2.49. The van der Waals surface area contributed by atoms with Crippen LogP contribution < -0.4 is 0 Å². The van der Waals surface area contributed by atoms with Gasteiger partial charge in [0.25, 0.3) is 0 Å². The molecule has 0 aliphatic rings. The molecule has 0 aromatic rings. The molecule has 0 aromatic heterocycles. The largest absolute Gasteiger partial charge is 0.433 e. The predicted molar refractivity (Wildman–Crippen MR) is 67.3 cm³/mol. The summed E-state index contributed by atoms with van der Waals surface area (Å²) in [5, 5.41) is 17.5. The Balaban J connectivity index is 4.80.